The van der Waals surface area contributed by atoms with Crippen LogP contribution in [0.5, 0.6) is 0 Å². The van der Waals surface area contributed by atoms with Crippen molar-refractivity contribution in [1.29, 1.82) is 0 Å². The molecule has 1 saturated carbocycles. The number of methoxy groups -OCH3 is 1. The molecular formula is C14H19BrClNO. The molecule has 0 radical (unpaired) electrons. The molecule has 0 heterocycles. The molecule has 2 nitrogen and oxygen atoms in total. The average Bonchev–Trinajstić information content (AvgIpc) is 2.32. The summed E-state index contributed by atoms with van der Waals surface area (Å²) in [7, 11) is 1.79. The Hall–Kier alpha value is -0.0900. The SMILES string of the molecule is COC1CC(NCc2cc(Br)ccc2Cl)C1(C)C. The molecule has 1 aliphatic carbocycles. The van der Waals surface area contributed by atoms with Crippen LogP contribution in [0.3, 0.4) is 0 Å². The number of benzene rings is 1. The molecule has 0 aromatic heterocycles. The minimum absolute atomic E-state index is 0.188. The third-order valence-electron chi connectivity index (χ3n) is 4.01. The van der Waals surface area contributed by atoms with E-state index in [0.717, 1.165) is 28.0 Å². The lowest BCUT2D eigenvalue weighted by molar-refractivity contribution is -0.0979. The van der Waals surface area contributed by atoms with E-state index in [0.29, 0.717) is 12.1 Å². The van der Waals surface area contributed by atoms with Crippen LogP contribution >= 0.6 is 27.5 Å². The maximum absolute atomic E-state index is 6.18. The number of hydrogen-bond acceptors (Lipinski definition) is 2. The first kappa shape index (κ1) is 14.3. The quantitative estimate of drug-likeness (QED) is 0.899. The van der Waals surface area contributed by atoms with E-state index in [1.165, 1.54) is 0 Å². The lowest BCUT2D eigenvalue weighted by atomic mass is 9.64. The van der Waals surface area contributed by atoms with Crippen molar-refractivity contribution in [2.24, 2.45) is 5.41 Å². The zero-order chi connectivity index (χ0) is 13.3. The normalized spacial score (nSPS) is 25.8. The van der Waals surface area contributed by atoms with Gasteiger partial charge in [0.1, 0.15) is 0 Å². The molecule has 1 fully saturated rings. The maximum atomic E-state index is 6.18. The second kappa shape index (κ2) is 5.49. The van der Waals surface area contributed by atoms with Crippen molar-refractivity contribution < 1.29 is 4.74 Å². The second-order valence-electron chi connectivity index (χ2n) is 5.45. The third kappa shape index (κ3) is 2.74. The molecule has 0 bridgehead atoms. The molecule has 18 heavy (non-hydrogen) atoms. The molecule has 100 valence electrons. The monoisotopic (exact) mass is 331 g/mol. The van der Waals surface area contributed by atoms with E-state index in [-0.39, 0.29) is 5.41 Å². The first-order valence-corrected chi connectivity index (χ1v) is 7.32. The predicted octanol–water partition coefficient (Wildman–Crippen LogP) is 4.01. The standard InChI is InChI=1S/C14H19BrClNO/c1-14(2)12(7-13(14)18-3)17-8-9-6-10(15)4-5-11(9)16/h4-6,12-13,17H,7-8H2,1-3H3. The Morgan fingerprint density at radius 3 is 2.83 bits per heavy atom. The van der Waals surface area contributed by atoms with Gasteiger partial charge in [-0.15, -0.1) is 0 Å². The zero-order valence-corrected chi connectivity index (χ0v) is 13.3. The molecule has 1 N–H and O–H groups in total. The number of hydrogen-bond donors (Lipinski definition) is 1. The highest BCUT2D eigenvalue weighted by Crippen LogP contribution is 2.42. The minimum Gasteiger partial charge on any atom is -0.381 e. The molecule has 2 rings (SSSR count). The van der Waals surface area contributed by atoms with Crippen molar-refractivity contribution in [3.05, 3.63) is 33.3 Å². The van der Waals surface area contributed by atoms with E-state index in [2.05, 4.69) is 41.2 Å². The average molecular weight is 333 g/mol. The Bertz CT molecular complexity index is 436. The van der Waals surface area contributed by atoms with E-state index in [9.17, 15) is 0 Å². The molecule has 0 aliphatic heterocycles. The fraction of sp³-hybridized carbons (Fsp3) is 0.571. The van der Waals surface area contributed by atoms with Gasteiger partial charge in [-0.1, -0.05) is 41.4 Å². The van der Waals surface area contributed by atoms with Gasteiger partial charge in [0.2, 0.25) is 0 Å². The third-order valence-corrected chi connectivity index (χ3v) is 4.87. The molecule has 0 saturated heterocycles. The fourth-order valence-electron chi connectivity index (χ4n) is 2.54. The molecule has 1 aromatic carbocycles. The molecule has 2 unspecified atom stereocenters. The summed E-state index contributed by atoms with van der Waals surface area (Å²) in [6.45, 7) is 5.28. The minimum atomic E-state index is 0.188. The topological polar surface area (TPSA) is 21.3 Å². The molecule has 1 aromatic rings. The highest BCUT2D eigenvalue weighted by Gasteiger charge is 2.48. The van der Waals surface area contributed by atoms with Crippen LogP contribution in [-0.4, -0.2) is 19.3 Å². The summed E-state index contributed by atoms with van der Waals surface area (Å²) in [5.74, 6) is 0. The van der Waals surface area contributed by atoms with Crippen molar-refractivity contribution in [2.75, 3.05) is 7.11 Å². The van der Waals surface area contributed by atoms with Gasteiger partial charge >= 0.3 is 0 Å². The summed E-state index contributed by atoms with van der Waals surface area (Å²) in [6.07, 6.45) is 1.42. The van der Waals surface area contributed by atoms with Crippen molar-refractivity contribution in [3.8, 4) is 0 Å². The second-order valence-corrected chi connectivity index (χ2v) is 6.77. The van der Waals surface area contributed by atoms with Crippen molar-refractivity contribution >= 4 is 27.5 Å². The van der Waals surface area contributed by atoms with Crippen LogP contribution in [0.15, 0.2) is 22.7 Å². The Balaban J connectivity index is 1.95. The summed E-state index contributed by atoms with van der Waals surface area (Å²) in [6, 6.07) is 6.43. The summed E-state index contributed by atoms with van der Waals surface area (Å²) >= 11 is 9.65. The summed E-state index contributed by atoms with van der Waals surface area (Å²) in [4.78, 5) is 0. The first-order chi connectivity index (χ1) is 8.45. The number of rotatable bonds is 4. The van der Waals surface area contributed by atoms with Gasteiger partial charge in [-0.05, 0) is 30.2 Å². The van der Waals surface area contributed by atoms with Crippen LogP contribution in [0.1, 0.15) is 25.8 Å². The highest BCUT2D eigenvalue weighted by atomic mass is 79.9. The van der Waals surface area contributed by atoms with Gasteiger partial charge in [0.25, 0.3) is 0 Å². The number of nitrogens with one attached hydrogen (secondary N) is 1. The largest absolute Gasteiger partial charge is 0.381 e. The highest BCUT2D eigenvalue weighted by molar-refractivity contribution is 9.10. The molecule has 0 spiro atoms. The van der Waals surface area contributed by atoms with Crippen molar-refractivity contribution in [3.63, 3.8) is 0 Å². The van der Waals surface area contributed by atoms with E-state index < -0.39 is 0 Å². The molecule has 4 heteroatoms. The summed E-state index contributed by atoms with van der Waals surface area (Å²) in [5.41, 5.74) is 1.32. The van der Waals surface area contributed by atoms with E-state index in [1.807, 2.05) is 12.1 Å². The Morgan fingerprint density at radius 1 is 1.50 bits per heavy atom. The van der Waals surface area contributed by atoms with Crippen LogP contribution in [0, 0.1) is 5.41 Å². The predicted molar refractivity (Wildman–Crippen MR) is 79.0 cm³/mol. The molecule has 0 amide bonds. The molecular weight excluding hydrogens is 314 g/mol. The van der Waals surface area contributed by atoms with Gasteiger partial charge in [-0.2, -0.15) is 0 Å². The van der Waals surface area contributed by atoms with E-state index >= 15 is 0 Å². The lowest BCUT2D eigenvalue weighted by Gasteiger charge is -2.51. The first-order valence-electron chi connectivity index (χ1n) is 6.15. The van der Waals surface area contributed by atoms with Gasteiger partial charge < -0.3 is 10.1 Å². The van der Waals surface area contributed by atoms with Crippen molar-refractivity contribution in [1.82, 2.24) is 5.32 Å². The maximum Gasteiger partial charge on any atom is 0.0652 e. The Labute approximate surface area is 122 Å². The number of halogens is 2. The van der Waals surface area contributed by atoms with E-state index in [1.54, 1.807) is 7.11 Å². The lowest BCUT2D eigenvalue weighted by Crippen LogP contribution is -2.60. The molecule has 1 aliphatic rings. The van der Waals surface area contributed by atoms with Crippen LogP contribution in [0.4, 0.5) is 0 Å². The fourth-order valence-corrected chi connectivity index (χ4v) is 3.14. The Morgan fingerprint density at radius 2 is 2.22 bits per heavy atom. The molecule has 2 atom stereocenters. The summed E-state index contributed by atoms with van der Waals surface area (Å²) in [5, 5.41) is 4.38. The Kier molecular flexibility index (Phi) is 4.37. The van der Waals surface area contributed by atoms with Crippen LogP contribution in [-0.2, 0) is 11.3 Å². The zero-order valence-electron chi connectivity index (χ0n) is 11.0. The number of ether oxygens (including phenoxy) is 1. The van der Waals surface area contributed by atoms with Crippen molar-refractivity contribution in [2.45, 2.75) is 39.0 Å². The van der Waals surface area contributed by atoms with Gasteiger partial charge in [-0.25, -0.2) is 0 Å². The van der Waals surface area contributed by atoms with Crippen LogP contribution in [0.2, 0.25) is 5.02 Å². The van der Waals surface area contributed by atoms with Gasteiger partial charge in [-0.3, -0.25) is 0 Å². The van der Waals surface area contributed by atoms with Gasteiger partial charge in [0.15, 0.2) is 0 Å². The van der Waals surface area contributed by atoms with E-state index in [4.69, 9.17) is 16.3 Å². The van der Waals surface area contributed by atoms with Crippen LogP contribution < -0.4 is 5.32 Å². The van der Waals surface area contributed by atoms with Gasteiger partial charge in [0.05, 0.1) is 6.10 Å². The van der Waals surface area contributed by atoms with Gasteiger partial charge in [0, 0.05) is 34.6 Å². The summed E-state index contributed by atoms with van der Waals surface area (Å²) < 4.78 is 6.51. The smallest absolute Gasteiger partial charge is 0.0652 e. The van der Waals surface area contributed by atoms with Crippen LogP contribution in [0.25, 0.3) is 0 Å².